The van der Waals surface area contributed by atoms with Crippen molar-refractivity contribution in [3.05, 3.63) is 24.3 Å². The maximum absolute atomic E-state index is 12.5. The fourth-order valence-electron chi connectivity index (χ4n) is 10.0. The van der Waals surface area contributed by atoms with Crippen LogP contribution in [0.2, 0.25) is 0 Å². The molecule has 0 saturated heterocycles. The molecule has 0 aliphatic carbocycles. The van der Waals surface area contributed by atoms with E-state index in [-0.39, 0.29) is 18.5 Å². The van der Waals surface area contributed by atoms with E-state index in [2.05, 4.69) is 31.3 Å². The van der Waals surface area contributed by atoms with E-state index >= 15 is 0 Å². The van der Waals surface area contributed by atoms with Crippen molar-refractivity contribution in [2.24, 2.45) is 0 Å². The molecule has 0 heterocycles. The topological polar surface area (TPSA) is 95.9 Å². The lowest BCUT2D eigenvalue weighted by Crippen LogP contribution is -2.45. The molecule has 0 aromatic heterocycles. The molecule has 0 spiro atoms. The average Bonchev–Trinajstić information content (AvgIpc) is 3.37. The number of allylic oxidation sites excluding steroid dienone is 3. The van der Waals surface area contributed by atoms with Crippen LogP contribution in [0, 0.1) is 0 Å². The highest BCUT2D eigenvalue weighted by atomic mass is 16.5. The fourth-order valence-corrected chi connectivity index (χ4v) is 10.0. The summed E-state index contributed by atoms with van der Waals surface area (Å²) in [6.45, 7) is 4.90. The largest absolute Gasteiger partial charge is 0.466 e. The van der Waals surface area contributed by atoms with Crippen molar-refractivity contribution >= 4 is 11.9 Å². The molecule has 3 N–H and O–H groups in total. The van der Waals surface area contributed by atoms with E-state index in [1.165, 1.54) is 283 Å². The number of aliphatic hydroxyl groups excluding tert-OH is 2. The molecular formula is C65H125NO5. The Morgan fingerprint density at radius 1 is 0.380 bits per heavy atom. The Balaban J connectivity index is 3.40. The lowest BCUT2D eigenvalue weighted by Gasteiger charge is -2.20. The van der Waals surface area contributed by atoms with Crippen molar-refractivity contribution in [1.29, 1.82) is 0 Å². The minimum Gasteiger partial charge on any atom is -0.466 e. The predicted octanol–water partition coefficient (Wildman–Crippen LogP) is 20.2. The molecule has 0 bridgehead atoms. The van der Waals surface area contributed by atoms with Gasteiger partial charge in [0, 0.05) is 12.8 Å². The van der Waals surface area contributed by atoms with Gasteiger partial charge in [0.25, 0.3) is 0 Å². The minimum absolute atomic E-state index is 0.00522. The second-order valence-corrected chi connectivity index (χ2v) is 22.1. The lowest BCUT2D eigenvalue weighted by molar-refractivity contribution is -0.143. The summed E-state index contributed by atoms with van der Waals surface area (Å²) in [5, 5.41) is 23.2. The van der Waals surface area contributed by atoms with Crippen LogP contribution in [0.15, 0.2) is 24.3 Å². The van der Waals surface area contributed by atoms with E-state index in [0.29, 0.717) is 19.4 Å². The fraction of sp³-hybridized carbons (Fsp3) is 0.908. The van der Waals surface area contributed by atoms with Gasteiger partial charge < -0.3 is 20.3 Å². The van der Waals surface area contributed by atoms with Crippen LogP contribution < -0.4 is 5.32 Å². The molecule has 420 valence electrons. The number of aliphatic hydroxyl groups is 2. The SMILES string of the molecule is CCCCC/C=C\CCCCCCCC(=O)OCCCCCCCCCCCCCCCCCCCCCCCCCCC(=O)NC(CO)C(O)/C=C/CCCCCCCCCCCCCCCCCC. The van der Waals surface area contributed by atoms with Crippen molar-refractivity contribution in [3.63, 3.8) is 0 Å². The van der Waals surface area contributed by atoms with Gasteiger partial charge in [-0.3, -0.25) is 9.59 Å². The highest BCUT2D eigenvalue weighted by molar-refractivity contribution is 5.76. The number of hydrogen-bond acceptors (Lipinski definition) is 5. The van der Waals surface area contributed by atoms with Crippen molar-refractivity contribution in [1.82, 2.24) is 5.32 Å². The summed E-state index contributed by atoms with van der Waals surface area (Å²) in [5.41, 5.74) is 0. The van der Waals surface area contributed by atoms with Gasteiger partial charge in [0.15, 0.2) is 0 Å². The van der Waals surface area contributed by atoms with Gasteiger partial charge in [0.2, 0.25) is 5.91 Å². The summed E-state index contributed by atoms with van der Waals surface area (Å²) in [7, 11) is 0. The quantitative estimate of drug-likeness (QED) is 0.0320. The van der Waals surface area contributed by atoms with Crippen molar-refractivity contribution in [2.45, 2.75) is 366 Å². The second-order valence-electron chi connectivity index (χ2n) is 22.1. The maximum atomic E-state index is 12.5. The number of amides is 1. The number of unbranched alkanes of at least 4 members (excludes halogenated alkanes) is 47. The van der Waals surface area contributed by atoms with Crippen LogP contribution in [-0.2, 0) is 14.3 Å². The van der Waals surface area contributed by atoms with Crippen molar-refractivity contribution in [3.8, 4) is 0 Å². The Bertz CT molecular complexity index is 1110. The number of hydrogen-bond donors (Lipinski definition) is 3. The first kappa shape index (κ1) is 69.3. The third-order valence-electron chi connectivity index (χ3n) is 15.0. The van der Waals surface area contributed by atoms with Crippen LogP contribution in [0.4, 0.5) is 0 Å². The standard InChI is InChI=1S/C65H125NO5/c1-3-5-7-9-11-13-15-17-18-19-28-31-34-37-41-45-49-53-57-63(68)62(61-67)66-64(69)58-54-50-46-42-38-35-32-29-26-24-22-20-21-23-25-27-30-33-36-40-44-48-52-56-60-71-65(70)59-55-51-47-43-39-16-14-12-10-8-6-4-2/h12,14,53,57,62-63,67-68H,3-11,13,15-52,54-56,58-61H2,1-2H3,(H,66,69)/b14-12-,57-53+. The van der Waals surface area contributed by atoms with Crippen LogP contribution in [-0.4, -0.2) is 47.4 Å². The molecule has 0 radical (unpaired) electrons. The molecule has 1 amide bonds. The van der Waals surface area contributed by atoms with Crippen LogP contribution in [0.1, 0.15) is 354 Å². The summed E-state index contributed by atoms with van der Waals surface area (Å²) in [6, 6.07) is -0.627. The van der Waals surface area contributed by atoms with Gasteiger partial charge in [0.1, 0.15) is 0 Å². The lowest BCUT2D eigenvalue weighted by atomic mass is 10.0. The Morgan fingerprint density at radius 2 is 0.662 bits per heavy atom. The highest BCUT2D eigenvalue weighted by Crippen LogP contribution is 2.18. The zero-order valence-corrected chi connectivity index (χ0v) is 48.0. The van der Waals surface area contributed by atoms with Crippen LogP contribution in [0.25, 0.3) is 0 Å². The van der Waals surface area contributed by atoms with Crippen LogP contribution in [0.5, 0.6) is 0 Å². The van der Waals surface area contributed by atoms with Crippen LogP contribution >= 0.6 is 0 Å². The smallest absolute Gasteiger partial charge is 0.305 e. The van der Waals surface area contributed by atoms with E-state index in [1.54, 1.807) is 6.08 Å². The number of ether oxygens (including phenoxy) is 1. The first-order valence-corrected chi connectivity index (χ1v) is 32.1. The normalized spacial score (nSPS) is 12.7. The van der Waals surface area contributed by atoms with E-state index in [4.69, 9.17) is 4.74 Å². The summed E-state index contributed by atoms with van der Waals surface area (Å²) in [5.74, 6) is -0.0588. The molecule has 0 aromatic rings. The zero-order chi connectivity index (χ0) is 51.4. The Hall–Kier alpha value is -1.66. The second kappa shape index (κ2) is 60.9. The summed E-state index contributed by atoms with van der Waals surface area (Å²) in [6.07, 6.45) is 75.1. The predicted molar refractivity (Wildman–Crippen MR) is 310 cm³/mol. The first-order chi connectivity index (χ1) is 35.0. The number of carbonyl (C=O) groups is 2. The van der Waals surface area contributed by atoms with Crippen molar-refractivity contribution < 1.29 is 24.5 Å². The summed E-state index contributed by atoms with van der Waals surface area (Å²) >= 11 is 0. The van der Waals surface area contributed by atoms with E-state index in [9.17, 15) is 19.8 Å². The number of esters is 1. The molecule has 0 aromatic carbocycles. The minimum atomic E-state index is -0.844. The molecule has 6 nitrogen and oxygen atoms in total. The molecule has 0 rings (SSSR count). The Labute approximate surface area is 443 Å². The molecule has 0 fully saturated rings. The van der Waals surface area contributed by atoms with Crippen LogP contribution in [0.3, 0.4) is 0 Å². The molecule has 2 atom stereocenters. The maximum Gasteiger partial charge on any atom is 0.305 e. The molecular weight excluding hydrogens is 875 g/mol. The van der Waals surface area contributed by atoms with Gasteiger partial charge in [-0.2, -0.15) is 0 Å². The average molecular weight is 1000 g/mol. The van der Waals surface area contributed by atoms with Gasteiger partial charge >= 0.3 is 5.97 Å². The molecule has 6 heteroatoms. The number of carbonyl (C=O) groups excluding carboxylic acids is 2. The monoisotopic (exact) mass is 1000 g/mol. The van der Waals surface area contributed by atoms with Gasteiger partial charge in [0.05, 0.1) is 25.4 Å². The van der Waals surface area contributed by atoms with Gasteiger partial charge in [-0.1, -0.05) is 308 Å². The number of rotatable bonds is 60. The molecule has 0 aliphatic rings. The molecule has 2 unspecified atom stereocenters. The van der Waals surface area contributed by atoms with E-state index in [1.807, 2.05) is 6.08 Å². The third kappa shape index (κ3) is 57.5. The Morgan fingerprint density at radius 3 is 1.03 bits per heavy atom. The highest BCUT2D eigenvalue weighted by Gasteiger charge is 2.18. The molecule has 0 saturated carbocycles. The third-order valence-corrected chi connectivity index (χ3v) is 15.0. The van der Waals surface area contributed by atoms with Gasteiger partial charge in [-0.05, 0) is 57.8 Å². The number of nitrogens with one attached hydrogen (secondary N) is 1. The van der Waals surface area contributed by atoms with E-state index in [0.717, 1.165) is 44.9 Å². The Kier molecular flexibility index (Phi) is 59.5. The van der Waals surface area contributed by atoms with Gasteiger partial charge in [-0.25, -0.2) is 0 Å². The summed E-state index contributed by atoms with van der Waals surface area (Å²) < 4.78 is 5.47. The summed E-state index contributed by atoms with van der Waals surface area (Å²) in [4.78, 5) is 24.5. The molecule has 71 heavy (non-hydrogen) atoms. The first-order valence-electron chi connectivity index (χ1n) is 32.1. The molecule has 0 aliphatic heterocycles. The van der Waals surface area contributed by atoms with Crippen molar-refractivity contribution in [2.75, 3.05) is 13.2 Å². The zero-order valence-electron chi connectivity index (χ0n) is 48.0. The van der Waals surface area contributed by atoms with Gasteiger partial charge in [-0.15, -0.1) is 0 Å². The van der Waals surface area contributed by atoms with E-state index < -0.39 is 12.1 Å².